The first kappa shape index (κ1) is 22.5. The van der Waals surface area contributed by atoms with Gasteiger partial charge in [-0.15, -0.1) is 24.0 Å². The number of likely N-dealkylation sites (tertiary alicyclic amines) is 1. The van der Waals surface area contributed by atoms with Crippen LogP contribution < -0.4 is 15.8 Å². The molecule has 0 aliphatic carbocycles. The van der Waals surface area contributed by atoms with Crippen LogP contribution in [0.3, 0.4) is 0 Å². The molecule has 2 aromatic rings. The summed E-state index contributed by atoms with van der Waals surface area (Å²) in [4.78, 5) is 6.98. The molecule has 1 aliphatic heterocycles. The molecule has 3 N–H and O–H groups in total. The number of halogens is 1. The van der Waals surface area contributed by atoms with Crippen molar-refractivity contribution in [1.29, 1.82) is 0 Å². The number of aliphatic imine (C=N–C) groups is 1. The molecule has 0 spiro atoms. The van der Waals surface area contributed by atoms with Crippen LogP contribution in [-0.2, 0) is 13.1 Å². The summed E-state index contributed by atoms with van der Waals surface area (Å²) >= 11 is 0. The SMILES string of the molecule is COc1ccccc1NC(N)=NCc1ccc(CN2CCC(C)CC2)cc1.I. The van der Waals surface area contributed by atoms with Crippen molar-refractivity contribution in [3.05, 3.63) is 59.7 Å². The summed E-state index contributed by atoms with van der Waals surface area (Å²) in [5.74, 6) is 1.99. The molecule has 1 fully saturated rings. The summed E-state index contributed by atoms with van der Waals surface area (Å²) in [5.41, 5.74) is 9.34. The van der Waals surface area contributed by atoms with Crippen molar-refractivity contribution < 1.29 is 4.74 Å². The second-order valence-electron chi connectivity index (χ2n) is 7.30. The Morgan fingerprint density at radius 1 is 1.11 bits per heavy atom. The molecule has 0 saturated carbocycles. The number of nitrogens with zero attached hydrogens (tertiary/aromatic N) is 2. The molecule has 0 amide bonds. The molecular formula is C22H31IN4O. The van der Waals surface area contributed by atoms with Gasteiger partial charge in [-0.3, -0.25) is 4.90 Å². The largest absolute Gasteiger partial charge is 0.495 e. The molecular weight excluding hydrogens is 463 g/mol. The highest BCUT2D eigenvalue weighted by Crippen LogP contribution is 2.22. The fourth-order valence-electron chi connectivity index (χ4n) is 3.33. The van der Waals surface area contributed by atoms with Gasteiger partial charge in [0.25, 0.3) is 0 Å². The standard InChI is InChI=1S/C22H30N4O.HI/c1-17-11-13-26(14-12-17)16-19-9-7-18(8-10-19)15-24-22(23)25-20-5-3-4-6-21(20)27-2;/h3-10,17H,11-16H2,1-2H3,(H3,23,24,25);1H. The van der Waals surface area contributed by atoms with Crippen molar-refractivity contribution in [1.82, 2.24) is 4.90 Å². The Balaban J connectivity index is 0.00000280. The highest BCUT2D eigenvalue weighted by Gasteiger charge is 2.15. The van der Waals surface area contributed by atoms with E-state index in [4.69, 9.17) is 10.5 Å². The molecule has 0 radical (unpaired) electrons. The molecule has 0 bridgehead atoms. The van der Waals surface area contributed by atoms with E-state index in [1.807, 2.05) is 24.3 Å². The van der Waals surface area contributed by atoms with Gasteiger partial charge < -0.3 is 15.8 Å². The normalized spacial score (nSPS) is 15.7. The summed E-state index contributed by atoms with van der Waals surface area (Å²) in [6.07, 6.45) is 2.62. The maximum atomic E-state index is 6.02. The van der Waals surface area contributed by atoms with Crippen molar-refractivity contribution in [3.63, 3.8) is 0 Å². The lowest BCUT2D eigenvalue weighted by molar-refractivity contribution is 0.185. The fourth-order valence-corrected chi connectivity index (χ4v) is 3.33. The topological polar surface area (TPSA) is 62.9 Å². The predicted molar refractivity (Wildman–Crippen MR) is 127 cm³/mol. The molecule has 6 heteroatoms. The lowest BCUT2D eigenvalue weighted by atomic mass is 9.99. The van der Waals surface area contributed by atoms with E-state index in [-0.39, 0.29) is 24.0 Å². The number of guanidine groups is 1. The maximum absolute atomic E-state index is 6.02. The average Bonchev–Trinajstić information content (AvgIpc) is 2.69. The van der Waals surface area contributed by atoms with Crippen LogP contribution in [0, 0.1) is 5.92 Å². The first-order valence-corrected chi connectivity index (χ1v) is 9.64. The van der Waals surface area contributed by atoms with Gasteiger partial charge in [-0.25, -0.2) is 4.99 Å². The Kier molecular flexibility index (Phi) is 9.05. The van der Waals surface area contributed by atoms with Crippen LogP contribution in [0.2, 0.25) is 0 Å². The highest BCUT2D eigenvalue weighted by molar-refractivity contribution is 14.0. The van der Waals surface area contributed by atoms with E-state index in [0.29, 0.717) is 12.5 Å². The van der Waals surface area contributed by atoms with Gasteiger partial charge >= 0.3 is 0 Å². The van der Waals surface area contributed by atoms with E-state index in [1.54, 1.807) is 7.11 Å². The Bertz CT molecular complexity index is 755. The number of nitrogens with two attached hydrogens (primary N) is 1. The molecule has 1 heterocycles. The third-order valence-corrected chi connectivity index (χ3v) is 5.11. The number of nitrogens with one attached hydrogen (secondary N) is 1. The van der Waals surface area contributed by atoms with Crippen LogP contribution in [0.5, 0.6) is 5.75 Å². The molecule has 1 saturated heterocycles. The van der Waals surface area contributed by atoms with Gasteiger partial charge in [0.1, 0.15) is 5.75 Å². The van der Waals surface area contributed by atoms with Crippen LogP contribution in [-0.4, -0.2) is 31.1 Å². The zero-order chi connectivity index (χ0) is 19.1. The van der Waals surface area contributed by atoms with Gasteiger partial charge in [0.05, 0.1) is 19.3 Å². The Morgan fingerprint density at radius 2 is 1.75 bits per heavy atom. The van der Waals surface area contributed by atoms with Crippen molar-refractivity contribution in [2.24, 2.45) is 16.6 Å². The number of methoxy groups -OCH3 is 1. The molecule has 1 aliphatic rings. The van der Waals surface area contributed by atoms with Gasteiger partial charge in [-0.05, 0) is 55.1 Å². The van der Waals surface area contributed by atoms with Crippen LogP contribution in [0.1, 0.15) is 30.9 Å². The van der Waals surface area contributed by atoms with Crippen LogP contribution >= 0.6 is 24.0 Å². The number of ether oxygens (including phenoxy) is 1. The molecule has 0 aromatic heterocycles. The van der Waals surface area contributed by atoms with Gasteiger partial charge in [-0.2, -0.15) is 0 Å². The molecule has 3 rings (SSSR count). The quantitative estimate of drug-likeness (QED) is 0.354. The van der Waals surface area contributed by atoms with E-state index in [2.05, 4.69) is 46.4 Å². The summed E-state index contributed by atoms with van der Waals surface area (Å²) in [5, 5.41) is 3.10. The molecule has 0 atom stereocenters. The van der Waals surface area contributed by atoms with E-state index >= 15 is 0 Å². The molecule has 2 aromatic carbocycles. The second kappa shape index (κ2) is 11.3. The van der Waals surface area contributed by atoms with Gasteiger partial charge in [0.2, 0.25) is 0 Å². The number of hydrogen-bond donors (Lipinski definition) is 2. The molecule has 5 nitrogen and oxygen atoms in total. The minimum atomic E-state index is 0. The Morgan fingerprint density at radius 3 is 2.43 bits per heavy atom. The fraction of sp³-hybridized carbons (Fsp3) is 0.409. The first-order valence-electron chi connectivity index (χ1n) is 9.64. The number of hydrogen-bond acceptors (Lipinski definition) is 3. The average molecular weight is 494 g/mol. The Labute approximate surface area is 185 Å². The van der Waals surface area contributed by atoms with Gasteiger partial charge in [0, 0.05) is 6.54 Å². The molecule has 0 unspecified atom stereocenters. The number of rotatable bonds is 6. The zero-order valence-electron chi connectivity index (χ0n) is 16.7. The number of anilines is 1. The third kappa shape index (κ3) is 6.67. The summed E-state index contributed by atoms with van der Waals surface area (Å²) < 4.78 is 5.31. The molecule has 152 valence electrons. The minimum absolute atomic E-state index is 0. The maximum Gasteiger partial charge on any atom is 0.193 e. The smallest absolute Gasteiger partial charge is 0.193 e. The monoisotopic (exact) mass is 494 g/mol. The van der Waals surface area contributed by atoms with Crippen LogP contribution in [0.25, 0.3) is 0 Å². The van der Waals surface area contributed by atoms with E-state index in [9.17, 15) is 0 Å². The second-order valence-corrected chi connectivity index (χ2v) is 7.30. The van der Waals surface area contributed by atoms with E-state index in [0.717, 1.165) is 29.5 Å². The zero-order valence-corrected chi connectivity index (χ0v) is 19.1. The minimum Gasteiger partial charge on any atom is -0.495 e. The van der Waals surface area contributed by atoms with Gasteiger partial charge in [0.15, 0.2) is 5.96 Å². The molecule has 28 heavy (non-hydrogen) atoms. The number of para-hydroxylation sites is 2. The number of benzene rings is 2. The van der Waals surface area contributed by atoms with Crippen molar-refractivity contribution >= 4 is 35.6 Å². The lowest BCUT2D eigenvalue weighted by Gasteiger charge is -2.30. The van der Waals surface area contributed by atoms with E-state index < -0.39 is 0 Å². The highest BCUT2D eigenvalue weighted by atomic mass is 127. The van der Waals surface area contributed by atoms with Crippen molar-refractivity contribution in [3.8, 4) is 5.75 Å². The van der Waals surface area contributed by atoms with Crippen molar-refractivity contribution in [2.75, 3.05) is 25.5 Å². The summed E-state index contributed by atoms with van der Waals surface area (Å²) in [7, 11) is 1.64. The van der Waals surface area contributed by atoms with E-state index in [1.165, 1.54) is 31.5 Å². The lowest BCUT2D eigenvalue weighted by Crippen LogP contribution is -2.32. The summed E-state index contributed by atoms with van der Waals surface area (Å²) in [6, 6.07) is 16.3. The predicted octanol–water partition coefficient (Wildman–Crippen LogP) is 4.47. The third-order valence-electron chi connectivity index (χ3n) is 5.11. The van der Waals surface area contributed by atoms with Crippen LogP contribution in [0.15, 0.2) is 53.5 Å². The Hall–Kier alpha value is -1.80. The summed E-state index contributed by atoms with van der Waals surface area (Å²) in [6.45, 7) is 6.35. The van der Waals surface area contributed by atoms with Crippen molar-refractivity contribution in [2.45, 2.75) is 32.9 Å². The van der Waals surface area contributed by atoms with Gasteiger partial charge in [-0.1, -0.05) is 43.3 Å². The first-order chi connectivity index (χ1) is 13.1. The van der Waals surface area contributed by atoms with Crippen LogP contribution in [0.4, 0.5) is 5.69 Å². The number of piperidine rings is 1.